The molecule has 3 nitrogen and oxygen atoms in total. The molecular formula is C80H62BN3. The van der Waals surface area contributed by atoms with Crippen molar-refractivity contribution in [2.45, 2.75) is 52.4 Å². The van der Waals surface area contributed by atoms with Crippen LogP contribution >= 0.6 is 0 Å². The summed E-state index contributed by atoms with van der Waals surface area (Å²) < 4.78 is 2.52. The van der Waals surface area contributed by atoms with E-state index in [1.54, 1.807) is 0 Å². The van der Waals surface area contributed by atoms with Crippen LogP contribution in [0.15, 0.2) is 267 Å². The van der Waals surface area contributed by atoms with Gasteiger partial charge in [0.15, 0.2) is 0 Å². The van der Waals surface area contributed by atoms with Crippen LogP contribution in [-0.2, 0) is 10.8 Å². The maximum absolute atomic E-state index is 2.66. The highest BCUT2D eigenvalue weighted by molar-refractivity contribution is 7.00. The molecule has 4 heteroatoms. The lowest BCUT2D eigenvalue weighted by atomic mass is 9.33. The standard InChI is InChI=1S/C80H62BN3/c1-79(2,3)59-37-29-53(30-38-59)54-33-41-61(42-34-54)82-74-48-57(55-31-39-60(40-32-55)80(4,5)6)35-43-69(74)81-70-47-58(52-21-11-8-12-22-52)46-68-64-24-14-13-23-63(64)67-45-56(51-19-9-7-10-20-51)36-44-73(67)84(78(68)70)76-50-62(49-75(82)77(76)81)83-71-27-17-15-25-65(71)66-26-16-18-28-72(66)83/h7-50H,1-6H3. The van der Waals surface area contributed by atoms with Crippen LogP contribution in [0.3, 0.4) is 0 Å². The van der Waals surface area contributed by atoms with Gasteiger partial charge in [0.05, 0.1) is 22.4 Å². The molecular weight excluding hydrogens is 1010 g/mol. The summed E-state index contributed by atoms with van der Waals surface area (Å²) in [4.78, 5) is 5.26. The van der Waals surface area contributed by atoms with Crippen LogP contribution in [0.1, 0.15) is 52.7 Å². The Kier molecular flexibility index (Phi) is 11.2. The largest absolute Gasteiger partial charge is 0.311 e. The average molecular weight is 1080 g/mol. The van der Waals surface area contributed by atoms with Gasteiger partial charge in [-0.25, -0.2) is 0 Å². The fraction of sp³-hybridized carbons (Fsp3) is 0.100. The third-order valence-electron chi connectivity index (χ3n) is 18.2. The minimum atomic E-state index is -0.141. The average Bonchev–Trinajstić information content (AvgIpc) is 1.25. The Labute approximate surface area is 493 Å². The summed E-state index contributed by atoms with van der Waals surface area (Å²) in [6.07, 6.45) is 0. The van der Waals surface area contributed by atoms with Crippen molar-refractivity contribution in [1.82, 2.24) is 4.57 Å². The van der Waals surface area contributed by atoms with Gasteiger partial charge in [-0.1, -0.05) is 248 Å². The molecule has 13 aromatic rings. The minimum Gasteiger partial charge on any atom is -0.311 e. The summed E-state index contributed by atoms with van der Waals surface area (Å²) in [7, 11) is 0. The number of nitrogens with zero attached hydrogens (tertiary/aromatic N) is 3. The zero-order valence-electron chi connectivity index (χ0n) is 48.3. The Morgan fingerprint density at radius 2 is 0.738 bits per heavy atom. The van der Waals surface area contributed by atoms with Gasteiger partial charge in [-0.2, -0.15) is 0 Å². The first-order valence-corrected chi connectivity index (χ1v) is 29.7. The van der Waals surface area contributed by atoms with Gasteiger partial charge in [-0.05, 0) is 155 Å². The molecule has 0 fully saturated rings. The molecule has 3 aliphatic rings. The molecule has 16 rings (SSSR count). The SMILES string of the molecule is CC(C)(C)c1ccc(-c2ccc(N3c4cc(-c5ccc(C(C)(C)C)cc5)ccc4B4c5cc(-c6ccccc6)cc6c5N(c5ccc(-c7ccccc7)cc5-c5ccccc5-6)c5cc(-n6c7ccccc7c7ccccc76)cc3c54)cc2)cc1. The molecule has 0 amide bonds. The normalized spacial score (nSPS) is 13.0. The zero-order chi connectivity index (χ0) is 56.6. The Morgan fingerprint density at radius 1 is 0.286 bits per heavy atom. The van der Waals surface area contributed by atoms with Gasteiger partial charge in [-0.15, -0.1) is 0 Å². The van der Waals surface area contributed by atoms with Crippen molar-refractivity contribution >= 4 is 79.0 Å². The van der Waals surface area contributed by atoms with Gasteiger partial charge in [0.2, 0.25) is 0 Å². The van der Waals surface area contributed by atoms with Crippen molar-refractivity contribution in [3.8, 4) is 72.4 Å². The van der Waals surface area contributed by atoms with E-state index in [0.29, 0.717) is 0 Å². The second kappa shape index (κ2) is 18.8. The fourth-order valence-electron chi connectivity index (χ4n) is 14.0. The Hall–Kier alpha value is -9.90. The van der Waals surface area contributed by atoms with Gasteiger partial charge in [0.25, 0.3) is 6.71 Å². The van der Waals surface area contributed by atoms with Crippen molar-refractivity contribution in [3.05, 3.63) is 278 Å². The Balaban J connectivity index is 1.03. The monoisotopic (exact) mass is 1080 g/mol. The summed E-state index contributed by atoms with van der Waals surface area (Å²) in [5.41, 5.74) is 31.5. The molecule has 0 aliphatic carbocycles. The van der Waals surface area contributed by atoms with E-state index >= 15 is 0 Å². The van der Waals surface area contributed by atoms with E-state index in [-0.39, 0.29) is 17.5 Å². The first-order chi connectivity index (χ1) is 40.9. The highest BCUT2D eigenvalue weighted by Crippen LogP contribution is 2.55. The van der Waals surface area contributed by atoms with Gasteiger partial charge >= 0.3 is 0 Å². The number of hydrogen-bond donors (Lipinski definition) is 0. The van der Waals surface area contributed by atoms with Gasteiger partial charge in [-0.3, -0.25) is 0 Å². The number of anilines is 6. The lowest BCUT2D eigenvalue weighted by molar-refractivity contribution is 0.590. The van der Waals surface area contributed by atoms with E-state index in [0.717, 1.165) is 22.7 Å². The van der Waals surface area contributed by atoms with Crippen molar-refractivity contribution < 1.29 is 0 Å². The number of aromatic nitrogens is 1. The fourth-order valence-corrected chi connectivity index (χ4v) is 14.0. The van der Waals surface area contributed by atoms with Crippen LogP contribution in [0.2, 0.25) is 0 Å². The Morgan fingerprint density at radius 3 is 1.33 bits per heavy atom. The molecule has 0 spiro atoms. The number of benzene rings is 12. The molecule has 3 aliphatic heterocycles. The summed E-state index contributed by atoms with van der Waals surface area (Å²) in [6, 6.07) is 101. The predicted octanol–water partition coefficient (Wildman–Crippen LogP) is 19.8. The molecule has 0 radical (unpaired) electrons. The lowest BCUT2D eigenvalue weighted by Gasteiger charge is -2.45. The maximum Gasteiger partial charge on any atom is 0.252 e. The van der Waals surface area contributed by atoms with Crippen LogP contribution in [0.4, 0.5) is 34.1 Å². The number of rotatable bonds is 6. The zero-order valence-corrected chi connectivity index (χ0v) is 48.3. The molecule has 0 unspecified atom stereocenters. The minimum absolute atomic E-state index is 0.0356. The molecule has 4 heterocycles. The van der Waals surface area contributed by atoms with Gasteiger partial charge in [0, 0.05) is 50.3 Å². The lowest BCUT2D eigenvalue weighted by Crippen LogP contribution is -2.61. The molecule has 12 aromatic carbocycles. The molecule has 0 N–H and O–H groups in total. The smallest absolute Gasteiger partial charge is 0.252 e. The maximum atomic E-state index is 2.66. The number of hydrogen-bond acceptors (Lipinski definition) is 2. The summed E-state index contributed by atoms with van der Waals surface area (Å²) in [6.45, 7) is 13.6. The van der Waals surface area contributed by atoms with Crippen molar-refractivity contribution in [2.24, 2.45) is 0 Å². The molecule has 0 saturated heterocycles. The van der Waals surface area contributed by atoms with Crippen LogP contribution < -0.4 is 26.2 Å². The van der Waals surface area contributed by atoms with E-state index in [9.17, 15) is 0 Å². The highest BCUT2D eigenvalue weighted by Gasteiger charge is 2.46. The number of fused-ring (bicyclic) bond motifs is 12. The van der Waals surface area contributed by atoms with Crippen LogP contribution in [-0.4, -0.2) is 11.3 Å². The van der Waals surface area contributed by atoms with E-state index in [1.807, 2.05) is 0 Å². The van der Waals surface area contributed by atoms with Crippen LogP contribution in [0.25, 0.3) is 94.3 Å². The van der Waals surface area contributed by atoms with E-state index < -0.39 is 0 Å². The second-order valence-corrected chi connectivity index (χ2v) is 25.3. The second-order valence-electron chi connectivity index (χ2n) is 25.3. The molecule has 84 heavy (non-hydrogen) atoms. The van der Waals surface area contributed by atoms with E-state index in [2.05, 4.69) is 323 Å². The highest BCUT2D eigenvalue weighted by atomic mass is 15.2. The summed E-state index contributed by atoms with van der Waals surface area (Å²) in [5.74, 6) is 0. The topological polar surface area (TPSA) is 11.4 Å². The molecule has 1 aromatic heterocycles. The number of para-hydroxylation sites is 2. The van der Waals surface area contributed by atoms with Crippen molar-refractivity contribution in [2.75, 3.05) is 9.80 Å². The summed E-state index contributed by atoms with van der Waals surface area (Å²) in [5, 5.41) is 2.47. The van der Waals surface area contributed by atoms with Crippen molar-refractivity contribution in [3.63, 3.8) is 0 Å². The van der Waals surface area contributed by atoms with Crippen LogP contribution in [0, 0.1) is 0 Å². The third kappa shape index (κ3) is 7.88. The van der Waals surface area contributed by atoms with Gasteiger partial charge in [0.1, 0.15) is 0 Å². The third-order valence-corrected chi connectivity index (χ3v) is 18.2. The quantitative estimate of drug-likeness (QED) is 0.154. The first kappa shape index (κ1) is 49.9. The molecule has 0 saturated carbocycles. The first-order valence-electron chi connectivity index (χ1n) is 29.7. The molecule has 0 atom stereocenters. The van der Waals surface area contributed by atoms with Crippen molar-refractivity contribution in [1.29, 1.82) is 0 Å². The van der Waals surface area contributed by atoms with E-state index in [4.69, 9.17) is 0 Å². The van der Waals surface area contributed by atoms with E-state index in [1.165, 1.54) is 133 Å². The molecule has 400 valence electrons. The predicted molar refractivity (Wildman–Crippen MR) is 358 cm³/mol. The molecule has 0 bridgehead atoms. The van der Waals surface area contributed by atoms with Gasteiger partial charge < -0.3 is 14.4 Å². The Bertz CT molecular complexity index is 4720. The summed E-state index contributed by atoms with van der Waals surface area (Å²) >= 11 is 0. The van der Waals surface area contributed by atoms with Crippen LogP contribution in [0.5, 0.6) is 0 Å².